The van der Waals surface area contributed by atoms with Crippen LogP contribution in [0.3, 0.4) is 0 Å². The van der Waals surface area contributed by atoms with Gasteiger partial charge in [0.2, 0.25) is 0 Å². The maximum atomic E-state index is 13.6. The molecule has 0 saturated carbocycles. The number of nitrogens with one attached hydrogen (secondary N) is 2. The van der Waals surface area contributed by atoms with Gasteiger partial charge >= 0.3 is 6.03 Å². The topological polar surface area (TPSA) is 59.0 Å². The lowest BCUT2D eigenvalue weighted by Gasteiger charge is -2.19. The molecule has 0 saturated heterocycles. The first-order valence-electron chi connectivity index (χ1n) is 7.84. The van der Waals surface area contributed by atoms with E-state index in [0.717, 1.165) is 10.4 Å². The second-order valence-electron chi connectivity index (χ2n) is 5.74. The Morgan fingerprint density at radius 2 is 2.24 bits per heavy atom. The zero-order chi connectivity index (χ0) is 17.8. The molecule has 5 nitrogen and oxygen atoms in total. The average molecular weight is 358 g/mol. The Morgan fingerprint density at radius 1 is 1.40 bits per heavy atom. The smallest absolute Gasteiger partial charge is 0.315 e. The number of benzene rings is 1. The normalized spacial score (nSPS) is 12.0. The minimum Gasteiger partial charge on any atom is -0.336 e. The van der Waals surface area contributed by atoms with Crippen LogP contribution in [-0.4, -0.2) is 15.6 Å². The van der Waals surface area contributed by atoms with E-state index >= 15 is 0 Å². The van der Waals surface area contributed by atoms with E-state index in [1.54, 1.807) is 40.4 Å². The molecule has 0 fully saturated rings. The van der Waals surface area contributed by atoms with Crippen molar-refractivity contribution in [2.75, 3.05) is 0 Å². The molecule has 130 valence electrons. The number of carbonyl (C=O) groups excluding carboxylic acids is 1. The van der Waals surface area contributed by atoms with Gasteiger partial charge in [-0.1, -0.05) is 12.1 Å². The van der Waals surface area contributed by atoms with Gasteiger partial charge in [-0.15, -0.1) is 11.3 Å². The maximum Gasteiger partial charge on any atom is 0.315 e. The first-order valence-corrected chi connectivity index (χ1v) is 8.72. The monoisotopic (exact) mass is 358 g/mol. The van der Waals surface area contributed by atoms with Crippen LogP contribution in [0.15, 0.2) is 48.1 Å². The van der Waals surface area contributed by atoms with Crippen molar-refractivity contribution in [3.05, 3.63) is 75.8 Å². The zero-order valence-electron chi connectivity index (χ0n) is 14.0. The fourth-order valence-electron chi connectivity index (χ4n) is 2.57. The van der Waals surface area contributed by atoms with Gasteiger partial charge in [0.15, 0.2) is 0 Å². The molecule has 2 N–H and O–H groups in total. The molecular formula is C18H19FN4OS. The number of aromatic nitrogens is 2. The zero-order valence-corrected chi connectivity index (χ0v) is 14.8. The van der Waals surface area contributed by atoms with Gasteiger partial charge in [-0.3, -0.25) is 0 Å². The van der Waals surface area contributed by atoms with Crippen molar-refractivity contribution in [3.63, 3.8) is 0 Å². The van der Waals surface area contributed by atoms with Gasteiger partial charge in [-0.05, 0) is 41.6 Å². The van der Waals surface area contributed by atoms with E-state index in [4.69, 9.17) is 0 Å². The van der Waals surface area contributed by atoms with Crippen LogP contribution in [0.1, 0.15) is 27.9 Å². The Labute approximate surface area is 149 Å². The van der Waals surface area contributed by atoms with Gasteiger partial charge in [0, 0.05) is 24.3 Å². The van der Waals surface area contributed by atoms with Crippen LogP contribution in [-0.2, 0) is 13.6 Å². The lowest BCUT2D eigenvalue weighted by atomic mass is 10.1. The third-order valence-corrected chi connectivity index (χ3v) is 4.97. The van der Waals surface area contributed by atoms with Gasteiger partial charge in [0.1, 0.15) is 17.7 Å². The van der Waals surface area contributed by atoms with Gasteiger partial charge in [-0.2, -0.15) is 0 Å². The summed E-state index contributed by atoms with van der Waals surface area (Å²) < 4.78 is 15.4. The number of hydrogen-bond acceptors (Lipinski definition) is 3. The van der Waals surface area contributed by atoms with E-state index < -0.39 is 6.04 Å². The Kier molecular flexibility index (Phi) is 5.14. The highest BCUT2D eigenvalue weighted by Gasteiger charge is 2.21. The van der Waals surface area contributed by atoms with Crippen molar-refractivity contribution in [1.82, 2.24) is 20.2 Å². The quantitative estimate of drug-likeness (QED) is 0.733. The molecule has 0 aliphatic carbocycles. The number of nitrogens with zero attached hydrogens (tertiary/aromatic N) is 2. The summed E-state index contributed by atoms with van der Waals surface area (Å²) in [6.45, 7) is 2.46. The molecule has 0 spiro atoms. The van der Waals surface area contributed by atoms with Crippen LogP contribution in [0.2, 0.25) is 0 Å². The van der Waals surface area contributed by atoms with E-state index in [0.29, 0.717) is 17.9 Å². The molecular weight excluding hydrogens is 339 g/mol. The minimum absolute atomic E-state index is 0.329. The van der Waals surface area contributed by atoms with E-state index in [-0.39, 0.29) is 11.8 Å². The molecule has 0 aliphatic heterocycles. The Balaban J connectivity index is 1.77. The fraction of sp³-hybridized carbons (Fsp3) is 0.222. The summed E-state index contributed by atoms with van der Waals surface area (Å²) in [7, 11) is 1.84. The molecule has 1 atom stereocenters. The molecule has 0 aliphatic rings. The van der Waals surface area contributed by atoms with Crippen LogP contribution >= 0.6 is 11.3 Å². The predicted molar refractivity (Wildman–Crippen MR) is 95.9 cm³/mol. The van der Waals surface area contributed by atoms with Crippen LogP contribution in [0.25, 0.3) is 0 Å². The van der Waals surface area contributed by atoms with Gasteiger partial charge < -0.3 is 15.2 Å². The third-order valence-electron chi connectivity index (χ3n) is 3.95. The summed E-state index contributed by atoms with van der Waals surface area (Å²) in [5.41, 5.74) is 1.79. The summed E-state index contributed by atoms with van der Waals surface area (Å²) in [5.74, 6) is 0.279. The Bertz CT molecular complexity index is 873. The summed E-state index contributed by atoms with van der Waals surface area (Å²) in [6, 6.07) is 7.32. The van der Waals surface area contributed by atoms with Crippen molar-refractivity contribution in [1.29, 1.82) is 0 Å². The van der Waals surface area contributed by atoms with Crippen LogP contribution < -0.4 is 10.6 Å². The molecule has 2 amide bonds. The molecule has 1 unspecified atom stereocenters. The number of aryl methyl sites for hydroxylation is 2. The summed E-state index contributed by atoms with van der Waals surface area (Å²) in [6.07, 6.45) is 3.44. The Hall–Kier alpha value is -2.67. The lowest BCUT2D eigenvalue weighted by molar-refractivity contribution is 0.238. The first-order chi connectivity index (χ1) is 12.0. The Morgan fingerprint density at radius 3 is 2.88 bits per heavy atom. The SMILES string of the molecule is Cc1ccsc1CNC(=O)NC(c1cccc(F)c1)c1nccn1C. The van der Waals surface area contributed by atoms with E-state index in [9.17, 15) is 9.18 Å². The summed E-state index contributed by atoms with van der Waals surface area (Å²) >= 11 is 1.60. The molecule has 0 bridgehead atoms. The maximum absolute atomic E-state index is 13.6. The van der Waals surface area contributed by atoms with Crippen LogP contribution in [0, 0.1) is 12.7 Å². The average Bonchev–Trinajstić information content (AvgIpc) is 3.19. The van der Waals surface area contributed by atoms with Gasteiger partial charge in [0.05, 0.1) is 6.54 Å². The van der Waals surface area contributed by atoms with Crippen molar-refractivity contribution < 1.29 is 9.18 Å². The van der Waals surface area contributed by atoms with E-state index in [1.165, 1.54) is 12.1 Å². The largest absolute Gasteiger partial charge is 0.336 e. The van der Waals surface area contributed by atoms with Gasteiger partial charge in [0.25, 0.3) is 0 Å². The number of urea groups is 1. The highest BCUT2D eigenvalue weighted by Crippen LogP contribution is 2.21. The molecule has 3 aromatic rings. The highest BCUT2D eigenvalue weighted by molar-refractivity contribution is 7.10. The molecule has 2 aromatic heterocycles. The molecule has 7 heteroatoms. The van der Waals surface area contributed by atoms with Crippen LogP contribution in [0.5, 0.6) is 0 Å². The number of imidazole rings is 1. The molecule has 25 heavy (non-hydrogen) atoms. The lowest BCUT2D eigenvalue weighted by Crippen LogP contribution is -2.38. The first kappa shape index (κ1) is 17.2. The standard InChI is InChI=1S/C18H19FN4OS/c1-12-6-9-25-15(12)11-21-18(24)22-16(17-20-7-8-23(17)2)13-4-3-5-14(19)10-13/h3-10,16H,11H2,1-2H3,(H2,21,22,24). The van der Waals surface area contributed by atoms with E-state index in [2.05, 4.69) is 15.6 Å². The second kappa shape index (κ2) is 7.48. The number of hydrogen-bond donors (Lipinski definition) is 2. The number of halogens is 1. The number of rotatable bonds is 5. The van der Waals surface area contributed by atoms with Crippen LogP contribution in [0.4, 0.5) is 9.18 Å². The molecule has 0 radical (unpaired) electrons. The molecule has 3 rings (SSSR count). The predicted octanol–water partition coefficient (Wildman–Crippen LogP) is 3.52. The summed E-state index contributed by atoms with van der Waals surface area (Å²) in [4.78, 5) is 17.8. The van der Waals surface area contributed by atoms with Crippen molar-refractivity contribution in [2.24, 2.45) is 7.05 Å². The summed E-state index contributed by atoms with van der Waals surface area (Å²) in [5, 5.41) is 7.74. The minimum atomic E-state index is -0.542. The highest BCUT2D eigenvalue weighted by atomic mass is 32.1. The fourth-order valence-corrected chi connectivity index (χ4v) is 3.41. The number of amides is 2. The van der Waals surface area contributed by atoms with Crippen molar-refractivity contribution in [2.45, 2.75) is 19.5 Å². The third kappa shape index (κ3) is 4.06. The van der Waals surface area contributed by atoms with Gasteiger partial charge in [-0.25, -0.2) is 14.2 Å². The number of carbonyl (C=O) groups is 1. The molecule has 1 aromatic carbocycles. The van der Waals surface area contributed by atoms with Crippen molar-refractivity contribution in [3.8, 4) is 0 Å². The van der Waals surface area contributed by atoms with E-state index in [1.807, 2.05) is 25.4 Å². The molecule has 2 heterocycles. The number of thiophene rings is 1. The second-order valence-corrected chi connectivity index (χ2v) is 6.74. The van der Waals surface area contributed by atoms with Crippen molar-refractivity contribution >= 4 is 17.4 Å².